The van der Waals surface area contributed by atoms with E-state index in [4.69, 9.17) is 9.84 Å². The highest BCUT2D eigenvalue weighted by Crippen LogP contribution is 2.26. The molecular formula is C11H18FNO4. The molecule has 0 aromatic heterocycles. The van der Waals surface area contributed by atoms with Gasteiger partial charge in [0.15, 0.2) is 0 Å². The van der Waals surface area contributed by atoms with Crippen LogP contribution >= 0.6 is 0 Å². The summed E-state index contributed by atoms with van der Waals surface area (Å²) in [5.41, 5.74) is -0.687. The first-order valence-corrected chi connectivity index (χ1v) is 5.54. The number of amides is 1. The first-order chi connectivity index (χ1) is 7.76. The molecule has 1 rings (SSSR count). The Morgan fingerprint density at radius 2 is 2.06 bits per heavy atom. The standard InChI is InChI=1S/C11H18FNO4/c1-11(2,3)17-10(16)13-5-4-7(6-12)8(13)9(14)15/h7-8H,4-6H2,1-3H3,(H,14,15)/t7-,8+/m0/s1. The van der Waals surface area contributed by atoms with Crippen molar-refractivity contribution in [1.82, 2.24) is 4.90 Å². The van der Waals surface area contributed by atoms with E-state index in [2.05, 4.69) is 0 Å². The lowest BCUT2D eigenvalue weighted by Crippen LogP contribution is -2.45. The quantitative estimate of drug-likeness (QED) is 0.806. The summed E-state index contributed by atoms with van der Waals surface area (Å²) in [4.78, 5) is 23.9. The van der Waals surface area contributed by atoms with Gasteiger partial charge in [-0.15, -0.1) is 0 Å². The van der Waals surface area contributed by atoms with Crippen LogP contribution in [0.15, 0.2) is 0 Å². The van der Waals surface area contributed by atoms with Crippen molar-refractivity contribution >= 4 is 12.1 Å². The largest absolute Gasteiger partial charge is 0.480 e. The predicted molar refractivity (Wildman–Crippen MR) is 58.4 cm³/mol. The lowest BCUT2D eigenvalue weighted by atomic mass is 10.0. The molecule has 2 atom stereocenters. The Labute approximate surface area is 99.5 Å². The molecular weight excluding hydrogens is 229 g/mol. The SMILES string of the molecule is CC(C)(C)OC(=O)N1CC[C@@H](CF)[C@@H]1C(=O)O. The monoisotopic (exact) mass is 247 g/mol. The van der Waals surface area contributed by atoms with Gasteiger partial charge in [0.25, 0.3) is 0 Å². The Balaban J connectivity index is 2.76. The molecule has 0 spiro atoms. The van der Waals surface area contributed by atoms with E-state index in [1.807, 2.05) is 0 Å². The molecule has 0 saturated carbocycles. The average molecular weight is 247 g/mol. The number of ether oxygens (including phenoxy) is 1. The molecule has 0 unspecified atom stereocenters. The number of carbonyl (C=O) groups is 2. The summed E-state index contributed by atoms with van der Waals surface area (Å²) in [7, 11) is 0. The maximum Gasteiger partial charge on any atom is 0.411 e. The lowest BCUT2D eigenvalue weighted by Gasteiger charge is -2.27. The number of carbonyl (C=O) groups excluding carboxylic acids is 1. The van der Waals surface area contributed by atoms with Crippen LogP contribution in [-0.2, 0) is 9.53 Å². The van der Waals surface area contributed by atoms with Crippen LogP contribution in [0, 0.1) is 5.92 Å². The summed E-state index contributed by atoms with van der Waals surface area (Å²) in [6.45, 7) is 4.58. The van der Waals surface area contributed by atoms with Crippen molar-refractivity contribution in [2.75, 3.05) is 13.2 Å². The van der Waals surface area contributed by atoms with Crippen molar-refractivity contribution in [3.63, 3.8) is 0 Å². The fourth-order valence-corrected chi connectivity index (χ4v) is 1.88. The topological polar surface area (TPSA) is 66.8 Å². The third-order valence-electron chi connectivity index (χ3n) is 2.60. The van der Waals surface area contributed by atoms with E-state index in [0.29, 0.717) is 6.42 Å². The van der Waals surface area contributed by atoms with Gasteiger partial charge in [-0.2, -0.15) is 0 Å². The second-order valence-electron chi connectivity index (χ2n) is 5.16. The minimum Gasteiger partial charge on any atom is -0.480 e. The Bertz CT molecular complexity index is 313. The highest BCUT2D eigenvalue weighted by atomic mass is 19.1. The number of carboxylic acids is 1. The van der Waals surface area contributed by atoms with E-state index < -0.39 is 36.3 Å². The third-order valence-corrected chi connectivity index (χ3v) is 2.60. The Morgan fingerprint density at radius 3 is 2.47 bits per heavy atom. The first kappa shape index (κ1) is 13.7. The molecule has 1 amide bonds. The molecule has 0 aromatic rings. The second kappa shape index (κ2) is 4.89. The molecule has 1 aliphatic rings. The molecule has 0 aliphatic carbocycles. The molecule has 1 N–H and O–H groups in total. The minimum absolute atomic E-state index is 0.223. The number of halogens is 1. The highest BCUT2D eigenvalue weighted by molar-refractivity contribution is 5.81. The van der Waals surface area contributed by atoms with E-state index in [1.54, 1.807) is 20.8 Å². The summed E-state index contributed by atoms with van der Waals surface area (Å²) in [5, 5.41) is 9.02. The maximum atomic E-state index is 12.6. The van der Waals surface area contributed by atoms with Crippen LogP contribution in [0.2, 0.25) is 0 Å². The zero-order valence-electron chi connectivity index (χ0n) is 10.3. The summed E-state index contributed by atoms with van der Waals surface area (Å²) in [5.74, 6) is -1.82. The molecule has 5 nitrogen and oxygen atoms in total. The molecule has 0 bridgehead atoms. The predicted octanol–water partition coefficient (Wildman–Crippen LogP) is 1.67. The summed E-state index contributed by atoms with van der Waals surface area (Å²) < 4.78 is 17.7. The van der Waals surface area contributed by atoms with Crippen molar-refractivity contribution in [3.05, 3.63) is 0 Å². The summed E-state index contributed by atoms with van der Waals surface area (Å²) in [6.07, 6.45) is -0.340. The molecule has 0 radical (unpaired) electrons. The van der Waals surface area contributed by atoms with E-state index in [1.165, 1.54) is 0 Å². The lowest BCUT2D eigenvalue weighted by molar-refractivity contribution is -0.143. The number of nitrogens with zero attached hydrogens (tertiary/aromatic N) is 1. The van der Waals surface area contributed by atoms with Crippen LogP contribution in [0.4, 0.5) is 9.18 Å². The Hall–Kier alpha value is -1.33. The van der Waals surface area contributed by atoms with Crippen LogP contribution in [0.1, 0.15) is 27.2 Å². The van der Waals surface area contributed by atoms with Crippen LogP contribution in [0.25, 0.3) is 0 Å². The third kappa shape index (κ3) is 3.31. The number of hydrogen-bond donors (Lipinski definition) is 1. The van der Waals surface area contributed by atoms with E-state index in [9.17, 15) is 14.0 Å². The van der Waals surface area contributed by atoms with Gasteiger partial charge in [-0.25, -0.2) is 9.59 Å². The van der Waals surface area contributed by atoms with E-state index >= 15 is 0 Å². The van der Waals surface area contributed by atoms with E-state index in [0.717, 1.165) is 4.90 Å². The van der Waals surface area contributed by atoms with Crippen LogP contribution < -0.4 is 0 Å². The second-order valence-corrected chi connectivity index (χ2v) is 5.16. The number of likely N-dealkylation sites (tertiary alicyclic amines) is 1. The molecule has 17 heavy (non-hydrogen) atoms. The van der Waals surface area contributed by atoms with Crippen molar-refractivity contribution in [2.24, 2.45) is 5.92 Å². The fraction of sp³-hybridized carbons (Fsp3) is 0.818. The summed E-state index contributed by atoms with van der Waals surface area (Å²) >= 11 is 0. The number of aliphatic carboxylic acids is 1. The van der Waals surface area contributed by atoms with Crippen molar-refractivity contribution in [2.45, 2.75) is 38.8 Å². The van der Waals surface area contributed by atoms with Gasteiger partial charge >= 0.3 is 12.1 Å². The number of hydrogen-bond acceptors (Lipinski definition) is 3. The fourth-order valence-electron chi connectivity index (χ4n) is 1.88. The van der Waals surface area contributed by atoms with Gasteiger partial charge in [0.05, 0.1) is 6.67 Å². The Morgan fingerprint density at radius 1 is 1.47 bits per heavy atom. The smallest absolute Gasteiger partial charge is 0.411 e. The van der Waals surface area contributed by atoms with Crippen molar-refractivity contribution in [3.8, 4) is 0 Å². The van der Waals surface area contributed by atoms with Gasteiger partial charge in [-0.05, 0) is 27.2 Å². The number of alkyl halides is 1. The maximum absolute atomic E-state index is 12.6. The van der Waals surface area contributed by atoms with Crippen molar-refractivity contribution < 1.29 is 23.8 Å². The molecule has 6 heteroatoms. The van der Waals surface area contributed by atoms with Gasteiger partial charge in [0.2, 0.25) is 0 Å². The average Bonchev–Trinajstić information content (AvgIpc) is 2.57. The first-order valence-electron chi connectivity index (χ1n) is 5.54. The van der Waals surface area contributed by atoms with Gasteiger partial charge in [-0.3, -0.25) is 9.29 Å². The van der Waals surface area contributed by atoms with Gasteiger partial charge < -0.3 is 9.84 Å². The molecule has 1 aliphatic heterocycles. The number of rotatable bonds is 2. The van der Waals surface area contributed by atoms with Crippen LogP contribution in [-0.4, -0.2) is 46.9 Å². The zero-order valence-corrected chi connectivity index (χ0v) is 10.3. The normalized spacial score (nSPS) is 24.8. The Kier molecular flexibility index (Phi) is 3.95. The van der Waals surface area contributed by atoms with E-state index in [-0.39, 0.29) is 6.54 Å². The van der Waals surface area contributed by atoms with Crippen LogP contribution in [0.3, 0.4) is 0 Å². The van der Waals surface area contributed by atoms with Crippen LogP contribution in [0.5, 0.6) is 0 Å². The number of carboxylic acid groups (broad SMARTS) is 1. The molecule has 1 saturated heterocycles. The zero-order chi connectivity index (χ0) is 13.2. The molecule has 98 valence electrons. The van der Waals surface area contributed by atoms with Crippen molar-refractivity contribution in [1.29, 1.82) is 0 Å². The van der Waals surface area contributed by atoms with Gasteiger partial charge in [0, 0.05) is 12.5 Å². The molecule has 1 fully saturated rings. The molecule has 1 heterocycles. The minimum atomic E-state index is -1.18. The highest BCUT2D eigenvalue weighted by Gasteiger charge is 2.43. The molecule has 0 aromatic carbocycles. The summed E-state index contributed by atoms with van der Waals surface area (Å²) in [6, 6.07) is -1.12. The van der Waals surface area contributed by atoms with Gasteiger partial charge in [-0.1, -0.05) is 0 Å². The van der Waals surface area contributed by atoms with Gasteiger partial charge in [0.1, 0.15) is 11.6 Å².